The molecule has 5 atom stereocenters. The van der Waals surface area contributed by atoms with Crippen LogP contribution in [0.15, 0.2) is 30.5 Å². The molecule has 6 rings (SSSR count). The first kappa shape index (κ1) is 23.7. The van der Waals surface area contributed by atoms with Crippen molar-refractivity contribution in [2.24, 2.45) is 34.8 Å². The number of nitrogens with zero attached hydrogens (tertiary/aromatic N) is 3. The fourth-order valence-corrected chi connectivity index (χ4v) is 6.83. The summed E-state index contributed by atoms with van der Waals surface area (Å²) in [5, 5.41) is 15.9. The van der Waals surface area contributed by atoms with E-state index in [-0.39, 0.29) is 18.2 Å². The molecule has 4 fully saturated rings. The number of benzene rings is 1. The average Bonchev–Trinajstić information content (AvgIpc) is 2.82. The summed E-state index contributed by atoms with van der Waals surface area (Å²) in [5.41, 5.74) is 7.13. The van der Waals surface area contributed by atoms with E-state index < -0.39 is 6.36 Å². The van der Waals surface area contributed by atoms with Gasteiger partial charge in [-0.05, 0) is 73.8 Å². The third-order valence-corrected chi connectivity index (χ3v) is 8.08. The number of rotatable bonds is 8. The minimum absolute atomic E-state index is 0.0346. The molecule has 1 aromatic carbocycles. The van der Waals surface area contributed by atoms with E-state index in [0.29, 0.717) is 40.1 Å². The zero-order chi connectivity index (χ0) is 24.6. The number of alkyl halides is 3. The maximum atomic E-state index is 12.7. The Hall–Kier alpha value is -3.06. The number of ether oxygens (including phenoxy) is 1. The zero-order valence-corrected chi connectivity index (χ0v) is 19.3. The molecule has 0 radical (unpaired) electrons. The third-order valence-electron chi connectivity index (χ3n) is 8.08. The van der Waals surface area contributed by atoms with Crippen molar-refractivity contribution in [3.63, 3.8) is 0 Å². The van der Waals surface area contributed by atoms with Crippen LogP contribution in [-0.2, 0) is 6.54 Å². The van der Waals surface area contributed by atoms with Gasteiger partial charge in [0.2, 0.25) is 5.95 Å². The molecule has 0 saturated heterocycles. The summed E-state index contributed by atoms with van der Waals surface area (Å²) in [4.78, 5) is 8.61. The first-order valence-corrected chi connectivity index (χ1v) is 12.1. The van der Waals surface area contributed by atoms with Gasteiger partial charge >= 0.3 is 6.36 Å². The summed E-state index contributed by atoms with van der Waals surface area (Å²) in [6, 6.07) is 8.03. The molecule has 4 aliphatic rings. The van der Waals surface area contributed by atoms with Crippen LogP contribution in [-0.4, -0.2) is 29.4 Å². The highest BCUT2D eigenvalue weighted by molar-refractivity contribution is 5.53. The Morgan fingerprint density at radius 3 is 2.57 bits per heavy atom. The van der Waals surface area contributed by atoms with Crippen LogP contribution in [0.4, 0.5) is 24.9 Å². The maximum Gasteiger partial charge on any atom is 0.573 e. The monoisotopic (exact) mass is 486 g/mol. The third kappa shape index (κ3) is 5.01. The van der Waals surface area contributed by atoms with Gasteiger partial charge in [-0.2, -0.15) is 10.2 Å². The van der Waals surface area contributed by atoms with E-state index in [4.69, 9.17) is 5.73 Å². The first-order valence-electron chi connectivity index (χ1n) is 12.1. The Morgan fingerprint density at radius 2 is 1.89 bits per heavy atom. The van der Waals surface area contributed by atoms with Crippen molar-refractivity contribution in [2.45, 2.75) is 45.0 Å². The van der Waals surface area contributed by atoms with Crippen LogP contribution in [0, 0.1) is 40.4 Å². The largest absolute Gasteiger partial charge is 0.573 e. The second-order valence-electron chi connectivity index (χ2n) is 10.3. The van der Waals surface area contributed by atoms with Gasteiger partial charge in [-0.15, -0.1) is 13.2 Å². The Bertz CT molecular complexity index is 1100. The van der Waals surface area contributed by atoms with E-state index in [1.165, 1.54) is 56.5 Å². The lowest BCUT2D eigenvalue weighted by molar-refractivity contribution is -0.274. The van der Waals surface area contributed by atoms with Crippen LogP contribution in [0.25, 0.3) is 0 Å². The molecule has 0 aliphatic heterocycles. The fraction of sp³-hybridized carbons (Fsp3) is 0.560. The molecule has 10 heteroatoms. The minimum Gasteiger partial charge on any atom is -0.405 e. The molecule has 1 heterocycles. The molecule has 0 spiro atoms. The van der Waals surface area contributed by atoms with E-state index in [2.05, 4.69) is 31.4 Å². The molecule has 0 amide bonds. The van der Waals surface area contributed by atoms with Gasteiger partial charge in [0.25, 0.3) is 0 Å². The van der Waals surface area contributed by atoms with Crippen LogP contribution >= 0.6 is 0 Å². The Balaban J connectivity index is 1.26. The fourth-order valence-electron chi connectivity index (χ4n) is 6.83. The van der Waals surface area contributed by atoms with Gasteiger partial charge in [0.05, 0.1) is 6.20 Å². The van der Waals surface area contributed by atoms with Crippen LogP contribution < -0.4 is 21.1 Å². The van der Waals surface area contributed by atoms with Gasteiger partial charge in [0.15, 0.2) is 0 Å². The molecule has 4 bridgehead atoms. The van der Waals surface area contributed by atoms with Crippen molar-refractivity contribution in [3.05, 3.63) is 41.6 Å². The maximum absolute atomic E-state index is 12.7. The van der Waals surface area contributed by atoms with Gasteiger partial charge in [-0.1, -0.05) is 18.2 Å². The molecule has 1 aromatic heterocycles. The van der Waals surface area contributed by atoms with Gasteiger partial charge in [0.1, 0.15) is 23.2 Å². The summed E-state index contributed by atoms with van der Waals surface area (Å²) in [7, 11) is 0. The van der Waals surface area contributed by atoms with Crippen molar-refractivity contribution in [1.29, 1.82) is 5.26 Å². The van der Waals surface area contributed by atoms with Crippen LogP contribution in [0.5, 0.6) is 5.75 Å². The Kier molecular flexibility index (Phi) is 6.21. The number of aromatic nitrogens is 2. The standard InChI is InChI=1S/C25H29F3N6O/c26-25(27,28)35-21-4-2-1-3-16(21)11-32-23-33-12-19(10-29)22(34-23)31-13-20-17-5-15-6-18(20)9-24(7-15,8-17)14-30/h1-4,12,15,17-18,20H,5-9,11,13-14,30H2,(H2,31,32,33,34)/t15?,17-,18+,20?,24-. The summed E-state index contributed by atoms with van der Waals surface area (Å²) in [6.07, 6.45) is 2.80. The van der Waals surface area contributed by atoms with Crippen molar-refractivity contribution in [1.82, 2.24) is 9.97 Å². The smallest absolute Gasteiger partial charge is 0.405 e. The highest BCUT2D eigenvalue weighted by Crippen LogP contribution is 2.61. The predicted molar refractivity (Wildman–Crippen MR) is 124 cm³/mol. The van der Waals surface area contributed by atoms with E-state index in [1.54, 1.807) is 6.07 Å². The van der Waals surface area contributed by atoms with Gasteiger partial charge < -0.3 is 21.1 Å². The summed E-state index contributed by atoms with van der Waals surface area (Å²) in [5.74, 6) is 2.99. The van der Waals surface area contributed by atoms with Gasteiger partial charge in [0, 0.05) is 18.7 Å². The topological polar surface area (TPSA) is 109 Å². The van der Waals surface area contributed by atoms with Crippen LogP contribution in [0.2, 0.25) is 0 Å². The molecule has 4 aliphatic carbocycles. The summed E-state index contributed by atoms with van der Waals surface area (Å²) >= 11 is 0. The lowest BCUT2D eigenvalue weighted by atomic mass is 9.46. The van der Waals surface area contributed by atoms with Crippen molar-refractivity contribution >= 4 is 11.8 Å². The number of hydrogen-bond acceptors (Lipinski definition) is 7. The Labute approximate surface area is 202 Å². The van der Waals surface area contributed by atoms with E-state index in [0.717, 1.165) is 19.0 Å². The highest BCUT2D eigenvalue weighted by Gasteiger charge is 2.54. The zero-order valence-electron chi connectivity index (χ0n) is 19.3. The molecule has 7 nitrogen and oxygen atoms in total. The minimum atomic E-state index is -4.78. The number of hydrogen-bond donors (Lipinski definition) is 3. The number of anilines is 2. The average molecular weight is 487 g/mol. The molecular formula is C25H29F3N6O. The normalized spacial score (nSPS) is 29.0. The van der Waals surface area contributed by atoms with Crippen LogP contribution in [0.3, 0.4) is 0 Å². The number of nitriles is 1. The molecular weight excluding hydrogens is 457 g/mol. The molecule has 4 N–H and O–H groups in total. The lowest BCUT2D eigenvalue weighted by Gasteiger charge is -2.60. The first-order chi connectivity index (χ1) is 16.8. The molecule has 2 unspecified atom stereocenters. The highest BCUT2D eigenvalue weighted by atomic mass is 19.4. The van der Waals surface area contributed by atoms with E-state index in [1.807, 2.05) is 0 Å². The predicted octanol–water partition coefficient (Wildman–Crippen LogP) is 4.67. The van der Waals surface area contributed by atoms with Gasteiger partial charge in [-0.3, -0.25) is 0 Å². The quantitative estimate of drug-likeness (QED) is 0.497. The van der Waals surface area contributed by atoms with Gasteiger partial charge in [-0.25, -0.2) is 4.98 Å². The molecule has 4 saturated carbocycles. The van der Waals surface area contributed by atoms with Crippen molar-refractivity contribution in [3.8, 4) is 11.8 Å². The van der Waals surface area contributed by atoms with Crippen molar-refractivity contribution < 1.29 is 17.9 Å². The Morgan fingerprint density at radius 1 is 1.14 bits per heavy atom. The summed E-state index contributed by atoms with van der Waals surface area (Å²) < 4.78 is 42.2. The number of nitrogens with two attached hydrogens (primary N) is 1. The molecule has 35 heavy (non-hydrogen) atoms. The number of nitrogens with one attached hydrogen (secondary N) is 2. The second-order valence-corrected chi connectivity index (χ2v) is 10.3. The number of halogens is 3. The van der Waals surface area contributed by atoms with E-state index >= 15 is 0 Å². The number of para-hydroxylation sites is 1. The van der Waals surface area contributed by atoms with Crippen molar-refractivity contribution in [2.75, 3.05) is 23.7 Å². The SMILES string of the molecule is N#Cc1cnc(NCc2ccccc2OC(F)(F)F)nc1NCC1[C@@H]2CC3C[C@H]1C[C@@](CN)(C3)C2. The summed E-state index contributed by atoms with van der Waals surface area (Å²) in [6.45, 7) is 1.54. The molecule has 186 valence electrons. The molecule has 2 aromatic rings. The lowest BCUT2D eigenvalue weighted by Crippen LogP contribution is -2.54. The van der Waals surface area contributed by atoms with Crippen LogP contribution in [0.1, 0.15) is 43.2 Å². The second kappa shape index (κ2) is 9.19. The van der Waals surface area contributed by atoms with E-state index in [9.17, 15) is 18.4 Å².